The molecule has 0 amide bonds. The molecule has 0 radical (unpaired) electrons. The van der Waals surface area contributed by atoms with Crippen LogP contribution in [0.5, 0.6) is 0 Å². The maximum Gasteiger partial charge on any atom is 0.498 e. The Hall–Kier alpha value is -1.18. The molecule has 0 spiro atoms. The second kappa shape index (κ2) is 4.93. The first-order valence-corrected chi connectivity index (χ1v) is 7.60. The Morgan fingerprint density at radius 3 is 2.48 bits per heavy atom. The van der Waals surface area contributed by atoms with Crippen LogP contribution in [0.15, 0.2) is 35.2 Å². The van der Waals surface area contributed by atoms with Crippen molar-refractivity contribution in [3.05, 3.63) is 35.2 Å². The first-order chi connectivity index (χ1) is 9.78. The third-order valence-corrected chi connectivity index (χ3v) is 4.56. The lowest BCUT2D eigenvalue weighted by Crippen LogP contribution is -2.41. The van der Waals surface area contributed by atoms with Gasteiger partial charge in [-0.05, 0) is 39.8 Å². The van der Waals surface area contributed by atoms with Gasteiger partial charge in [-0.25, -0.2) is 9.67 Å². The highest BCUT2D eigenvalue weighted by atomic mass is 79.9. The molecular formula is C14H17BBrN3O2. The van der Waals surface area contributed by atoms with Crippen LogP contribution in [0.3, 0.4) is 0 Å². The van der Waals surface area contributed by atoms with Crippen molar-refractivity contribution < 1.29 is 9.31 Å². The summed E-state index contributed by atoms with van der Waals surface area (Å²) in [5.41, 5.74) is 0.178. The van der Waals surface area contributed by atoms with Crippen LogP contribution in [0, 0.1) is 0 Å². The molecule has 5 nitrogen and oxygen atoms in total. The summed E-state index contributed by atoms with van der Waals surface area (Å²) in [4.78, 5) is 4.30. The minimum Gasteiger partial charge on any atom is -0.399 e. The molecule has 0 atom stereocenters. The molecule has 1 aliphatic rings. The zero-order valence-electron chi connectivity index (χ0n) is 12.5. The summed E-state index contributed by atoms with van der Waals surface area (Å²) >= 11 is 3.43. The number of nitrogens with zero attached hydrogens (tertiary/aromatic N) is 3. The second-order valence-electron chi connectivity index (χ2n) is 6.14. The van der Waals surface area contributed by atoms with Crippen molar-refractivity contribution in [2.75, 3.05) is 0 Å². The van der Waals surface area contributed by atoms with Gasteiger partial charge in [0.25, 0.3) is 0 Å². The van der Waals surface area contributed by atoms with Gasteiger partial charge >= 0.3 is 7.12 Å². The second-order valence-corrected chi connectivity index (χ2v) is 7.05. The average molecular weight is 350 g/mol. The Kier molecular flexibility index (Phi) is 3.46. The largest absolute Gasteiger partial charge is 0.498 e. The molecule has 0 aliphatic carbocycles. The monoisotopic (exact) mass is 349 g/mol. The maximum absolute atomic E-state index is 6.02. The Bertz CT molecular complexity index is 656. The fourth-order valence-electron chi connectivity index (χ4n) is 2.08. The molecule has 1 aliphatic heterocycles. The van der Waals surface area contributed by atoms with E-state index in [1.54, 1.807) is 17.1 Å². The van der Waals surface area contributed by atoms with E-state index >= 15 is 0 Å². The third kappa shape index (κ3) is 2.65. The lowest BCUT2D eigenvalue weighted by molar-refractivity contribution is 0.00578. The summed E-state index contributed by atoms with van der Waals surface area (Å²) in [6.07, 6.45) is 5.37. The average Bonchev–Trinajstić information content (AvgIpc) is 2.93. The van der Waals surface area contributed by atoms with Crippen molar-refractivity contribution in [1.29, 1.82) is 0 Å². The van der Waals surface area contributed by atoms with E-state index in [4.69, 9.17) is 9.31 Å². The lowest BCUT2D eigenvalue weighted by atomic mass is 9.82. The molecule has 110 valence electrons. The molecule has 7 heteroatoms. The number of rotatable bonds is 2. The van der Waals surface area contributed by atoms with Crippen LogP contribution >= 0.6 is 15.9 Å². The van der Waals surface area contributed by atoms with E-state index in [1.165, 1.54) is 0 Å². The van der Waals surface area contributed by atoms with Crippen LogP contribution in [-0.4, -0.2) is 33.1 Å². The van der Waals surface area contributed by atoms with E-state index in [1.807, 2.05) is 46.0 Å². The lowest BCUT2D eigenvalue weighted by Gasteiger charge is -2.32. The molecule has 0 N–H and O–H groups in total. The van der Waals surface area contributed by atoms with Crippen LogP contribution in [-0.2, 0) is 9.31 Å². The molecule has 0 saturated carbocycles. The van der Waals surface area contributed by atoms with E-state index in [0.29, 0.717) is 0 Å². The number of hydrogen-bond donors (Lipinski definition) is 0. The molecular weight excluding hydrogens is 333 g/mol. The highest BCUT2D eigenvalue weighted by Gasteiger charge is 2.52. The van der Waals surface area contributed by atoms with Crippen molar-refractivity contribution in [1.82, 2.24) is 14.8 Å². The molecule has 1 saturated heterocycles. The minimum absolute atomic E-state index is 0.353. The summed E-state index contributed by atoms with van der Waals surface area (Å²) in [5.74, 6) is 0.743. The number of aromatic nitrogens is 3. The van der Waals surface area contributed by atoms with Gasteiger partial charge in [0.15, 0.2) is 5.82 Å². The van der Waals surface area contributed by atoms with Crippen LogP contribution in [0.2, 0.25) is 0 Å². The molecule has 0 unspecified atom stereocenters. The van der Waals surface area contributed by atoms with Gasteiger partial charge in [0.1, 0.15) is 0 Å². The summed E-state index contributed by atoms with van der Waals surface area (Å²) in [6, 6.07) is 3.78. The van der Waals surface area contributed by atoms with E-state index in [-0.39, 0.29) is 11.2 Å². The quantitative estimate of drug-likeness (QED) is 0.781. The standard InChI is InChI=1S/C14H17BBrN3O2/c1-13(2)14(3,4)21-15(20-13)10-8-18-19(9-10)12-7-11(16)5-6-17-12/h5-9H,1-4H3. The molecule has 0 aromatic carbocycles. The number of halogens is 1. The van der Waals surface area contributed by atoms with Gasteiger partial charge in [0, 0.05) is 28.5 Å². The molecule has 0 bridgehead atoms. The van der Waals surface area contributed by atoms with Gasteiger partial charge < -0.3 is 9.31 Å². The Balaban J connectivity index is 1.87. The minimum atomic E-state index is -0.407. The Morgan fingerprint density at radius 2 is 1.86 bits per heavy atom. The smallest absolute Gasteiger partial charge is 0.399 e. The fourth-order valence-corrected chi connectivity index (χ4v) is 2.40. The SMILES string of the molecule is CC1(C)OB(c2cnn(-c3cc(Br)ccn3)c2)OC1(C)C. The Labute approximate surface area is 132 Å². The number of pyridine rings is 1. The normalized spacial score (nSPS) is 20.0. The van der Waals surface area contributed by atoms with Gasteiger partial charge in [-0.15, -0.1) is 0 Å². The van der Waals surface area contributed by atoms with Gasteiger partial charge in [-0.2, -0.15) is 5.10 Å². The molecule has 3 rings (SSSR count). The molecule has 21 heavy (non-hydrogen) atoms. The van der Waals surface area contributed by atoms with Crippen molar-refractivity contribution in [2.24, 2.45) is 0 Å². The predicted octanol–water partition coefficient (Wildman–Crippen LogP) is 2.33. The molecule has 2 aromatic rings. The van der Waals surface area contributed by atoms with E-state index in [9.17, 15) is 0 Å². The zero-order chi connectivity index (χ0) is 15.3. The highest BCUT2D eigenvalue weighted by molar-refractivity contribution is 9.10. The van der Waals surface area contributed by atoms with Crippen molar-refractivity contribution >= 4 is 28.5 Å². The summed E-state index contributed by atoms with van der Waals surface area (Å²) in [7, 11) is -0.407. The Morgan fingerprint density at radius 1 is 1.19 bits per heavy atom. The van der Waals surface area contributed by atoms with Crippen LogP contribution < -0.4 is 5.46 Å². The van der Waals surface area contributed by atoms with Gasteiger partial charge in [0.2, 0.25) is 0 Å². The highest BCUT2D eigenvalue weighted by Crippen LogP contribution is 2.36. The number of hydrogen-bond acceptors (Lipinski definition) is 4. The topological polar surface area (TPSA) is 49.2 Å². The van der Waals surface area contributed by atoms with Crippen molar-refractivity contribution in [3.8, 4) is 5.82 Å². The van der Waals surface area contributed by atoms with Gasteiger partial charge in [0.05, 0.1) is 11.2 Å². The predicted molar refractivity (Wildman–Crippen MR) is 84.8 cm³/mol. The fraction of sp³-hybridized carbons (Fsp3) is 0.429. The van der Waals surface area contributed by atoms with E-state index in [2.05, 4.69) is 26.0 Å². The van der Waals surface area contributed by atoms with E-state index < -0.39 is 7.12 Å². The first kappa shape index (κ1) is 14.7. The van der Waals surface area contributed by atoms with Gasteiger partial charge in [-0.1, -0.05) is 15.9 Å². The van der Waals surface area contributed by atoms with Crippen molar-refractivity contribution in [2.45, 2.75) is 38.9 Å². The summed E-state index contributed by atoms with van der Waals surface area (Å²) in [6.45, 7) is 8.14. The van der Waals surface area contributed by atoms with Gasteiger partial charge in [-0.3, -0.25) is 0 Å². The molecule has 2 aromatic heterocycles. The summed E-state index contributed by atoms with van der Waals surface area (Å²) in [5, 5.41) is 4.34. The van der Waals surface area contributed by atoms with Crippen LogP contribution in [0.1, 0.15) is 27.7 Å². The molecule has 3 heterocycles. The third-order valence-electron chi connectivity index (χ3n) is 4.07. The maximum atomic E-state index is 6.02. The van der Waals surface area contributed by atoms with Crippen LogP contribution in [0.4, 0.5) is 0 Å². The zero-order valence-corrected chi connectivity index (χ0v) is 14.1. The van der Waals surface area contributed by atoms with Crippen molar-refractivity contribution in [3.63, 3.8) is 0 Å². The summed E-state index contributed by atoms with van der Waals surface area (Å²) < 4.78 is 14.7. The molecule has 1 fully saturated rings. The van der Waals surface area contributed by atoms with Crippen LogP contribution in [0.25, 0.3) is 5.82 Å². The first-order valence-electron chi connectivity index (χ1n) is 6.81. The van der Waals surface area contributed by atoms with E-state index in [0.717, 1.165) is 15.8 Å².